The molecule has 6 heteroatoms. The molecule has 0 bridgehead atoms. The highest BCUT2D eigenvalue weighted by molar-refractivity contribution is 5.97. The maximum atomic E-state index is 12.5. The average molecular weight is 326 g/mol. The Balaban J connectivity index is 1.75. The number of rotatable bonds is 4. The number of carbonyl (C=O) groups excluding carboxylic acids is 2. The molecule has 124 valence electrons. The maximum Gasteiger partial charge on any atom is 0.265 e. The number of nitrogens with one attached hydrogen (secondary N) is 2. The molecule has 0 aliphatic carbocycles. The molecule has 24 heavy (non-hydrogen) atoms. The third-order valence-electron chi connectivity index (χ3n) is 3.72. The molecule has 1 aliphatic rings. The number of anilines is 2. The van der Waals surface area contributed by atoms with Crippen LogP contribution in [0.3, 0.4) is 0 Å². The molecule has 6 nitrogen and oxygen atoms in total. The number of fused-ring (bicyclic) bond motifs is 1. The zero-order valence-corrected chi connectivity index (χ0v) is 13.5. The zero-order valence-electron chi connectivity index (χ0n) is 13.5. The number of amides is 2. The van der Waals surface area contributed by atoms with Gasteiger partial charge in [0.15, 0.2) is 6.10 Å². The summed E-state index contributed by atoms with van der Waals surface area (Å²) >= 11 is 0. The molecule has 0 fully saturated rings. The lowest BCUT2D eigenvalue weighted by atomic mass is 10.1. The van der Waals surface area contributed by atoms with Gasteiger partial charge < -0.3 is 20.1 Å². The van der Waals surface area contributed by atoms with Crippen LogP contribution in [0.1, 0.15) is 12.5 Å². The first kappa shape index (κ1) is 15.9. The fraction of sp³-hybridized carbons (Fsp3) is 0.222. The molecular formula is C18H18N2O4. The minimum atomic E-state index is -0.587. The topological polar surface area (TPSA) is 76.7 Å². The van der Waals surface area contributed by atoms with Crippen LogP contribution in [-0.4, -0.2) is 25.0 Å². The second-order valence-corrected chi connectivity index (χ2v) is 5.50. The van der Waals surface area contributed by atoms with E-state index in [0.717, 1.165) is 11.3 Å². The Kier molecular flexibility index (Phi) is 4.37. The number of benzene rings is 2. The first-order chi connectivity index (χ1) is 11.6. The van der Waals surface area contributed by atoms with E-state index in [9.17, 15) is 9.59 Å². The number of hydrogen-bond donors (Lipinski definition) is 2. The van der Waals surface area contributed by atoms with Crippen molar-refractivity contribution in [2.45, 2.75) is 19.4 Å². The summed E-state index contributed by atoms with van der Waals surface area (Å²) in [5.41, 5.74) is 2.07. The molecule has 2 amide bonds. The molecule has 3 rings (SSSR count). The van der Waals surface area contributed by atoms with Gasteiger partial charge in [0.1, 0.15) is 11.5 Å². The number of carbonyl (C=O) groups is 2. The lowest BCUT2D eigenvalue weighted by Crippen LogP contribution is -2.31. The van der Waals surface area contributed by atoms with E-state index in [1.807, 2.05) is 24.3 Å². The van der Waals surface area contributed by atoms with Gasteiger partial charge in [-0.2, -0.15) is 0 Å². The Hall–Kier alpha value is -3.02. The van der Waals surface area contributed by atoms with Crippen molar-refractivity contribution in [1.29, 1.82) is 0 Å². The standard InChI is InChI=1S/C18H18N2O4/c1-11(21)19-13-7-8-16(23-2)14(10-13)20-18(22)17-9-12-5-3-4-6-15(12)24-17/h3-8,10,17H,9H2,1-2H3,(H,19,21)(H,20,22). The summed E-state index contributed by atoms with van der Waals surface area (Å²) in [4.78, 5) is 23.7. The van der Waals surface area contributed by atoms with Crippen LogP contribution in [0.2, 0.25) is 0 Å². The van der Waals surface area contributed by atoms with Crippen molar-refractivity contribution < 1.29 is 19.1 Å². The average Bonchev–Trinajstić information content (AvgIpc) is 2.99. The zero-order chi connectivity index (χ0) is 17.1. The lowest BCUT2D eigenvalue weighted by molar-refractivity contribution is -0.122. The summed E-state index contributed by atoms with van der Waals surface area (Å²) in [6, 6.07) is 12.6. The van der Waals surface area contributed by atoms with E-state index >= 15 is 0 Å². The van der Waals surface area contributed by atoms with Gasteiger partial charge in [-0.3, -0.25) is 9.59 Å². The van der Waals surface area contributed by atoms with Gasteiger partial charge in [0.2, 0.25) is 5.91 Å². The highest BCUT2D eigenvalue weighted by atomic mass is 16.5. The normalized spacial score (nSPS) is 15.2. The Bertz CT molecular complexity index is 763. The lowest BCUT2D eigenvalue weighted by Gasteiger charge is -2.15. The monoisotopic (exact) mass is 326 g/mol. The minimum absolute atomic E-state index is 0.188. The van der Waals surface area contributed by atoms with Crippen molar-refractivity contribution in [3.05, 3.63) is 48.0 Å². The van der Waals surface area contributed by atoms with Crippen LogP contribution in [0.15, 0.2) is 42.5 Å². The van der Waals surface area contributed by atoms with Crippen molar-refractivity contribution in [3.8, 4) is 11.5 Å². The molecule has 1 atom stereocenters. The molecule has 2 aromatic carbocycles. The molecule has 0 aromatic heterocycles. The smallest absolute Gasteiger partial charge is 0.265 e. The van der Waals surface area contributed by atoms with E-state index in [-0.39, 0.29) is 11.8 Å². The van der Waals surface area contributed by atoms with E-state index in [0.29, 0.717) is 23.5 Å². The summed E-state index contributed by atoms with van der Waals surface area (Å²) in [5.74, 6) is 0.793. The van der Waals surface area contributed by atoms with E-state index < -0.39 is 6.10 Å². The summed E-state index contributed by atoms with van der Waals surface area (Å²) in [5, 5.41) is 5.49. The van der Waals surface area contributed by atoms with Crippen LogP contribution in [0, 0.1) is 0 Å². The second kappa shape index (κ2) is 6.62. The molecule has 0 saturated heterocycles. The quantitative estimate of drug-likeness (QED) is 0.905. The molecular weight excluding hydrogens is 308 g/mol. The van der Waals surface area contributed by atoms with Crippen LogP contribution < -0.4 is 20.1 Å². The first-order valence-corrected chi connectivity index (χ1v) is 7.58. The van der Waals surface area contributed by atoms with Gasteiger partial charge in [-0.1, -0.05) is 18.2 Å². The van der Waals surface area contributed by atoms with E-state index in [2.05, 4.69) is 10.6 Å². The van der Waals surface area contributed by atoms with Gasteiger partial charge in [0.25, 0.3) is 5.91 Å². The third kappa shape index (κ3) is 3.32. The van der Waals surface area contributed by atoms with Crippen molar-refractivity contribution in [3.63, 3.8) is 0 Å². The maximum absolute atomic E-state index is 12.5. The largest absolute Gasteiger partial charge is 0.495 e. The van der Waals surface area contributed by atoms with Gasteiger partial charge in [0.05, 0.1) is 12.8 Å². The van der Waals surface area contributed by atoms with Gasteiger partial charge in [0, 0.05) is 19.0 Å². The first-order valence-electron chi connectivity index (χ1n) is 7.58. The van der Waals surface area contributed by atoms with Gasteiger partial charge in [-0.05, 0) is 29.8 Å². The fourth-order valence-corrected chi connectivity index (χ4v) is 2.63. The van der Waals surface area contributed by atoms with E-state index in [1.54, 1.807) is 18.2 Å². The van der Waals surface area contributed by atoms with Crippen molar-refractivity contribution in [1.82, 2.24) is 0 Å². The van der Waals surface area contributed by atoms with Crippen molar-refractivity contribution in [2.75, 3.05) is 17.7 Å². The number of ether oxygens (including phenoxy) is 2. The summed E-state index contributed by atoms with van der Waals surface area (Å²) in [6.07, 6.45) is -0.0630. The number of methoxy groups -OCH3 is 1. The van der Waals surface area contributed by atoms with E-state index in [4.69, 9.17) is 9.47 Å². The molecule has 0 saturated carbocycles. The van der Waals surface area contributed by atoms with Gasteiger partial charge >= 0.3 is 0 Å². The van der Waals surface area contributed by atoms with Crippen LogP contribution in [0.25, 0.3) is 0 Å². The summed E-state index contributed by atoms with van der Waals surface area (Å²) in [7, 11) is 1.52. The predicted molar refractivity (Wildman–Crippen MR) is 90.5 cm³/mol. The highest BCUT2D eigenvalue weighted by Crippen LogP contribution is 2.31. The summed E-state index contributed by atoms with van der Waals surface area (Å²) < 4.78 is 10.9. The van der Waals surface area contributed by atoms with Crippen LogP contribution in [-0.2, 0) is 16.0 Å². The predicted octanol–water partition coefficient (Wildman–Crippen LogP) is 2.60. The van der Waals surface area contributed by atoms with Gasteiger partial charge in [-0.15, -0.1) is 0 Å². The molecule has 1 unspecified atom stereocenters. The Morgan fingerprint density at radius 2 is 1.96 bits per heavy atom. The van der Waals surface area contributed by atoms with Crippen LogP contribution >= 0.6 is 0 Å². The molecule has 1 heterocycles. The van der Waals surface area contributed by atoms with E-state index in [1.165, 1.54) is 14.0 Å². The fourth-order valence-electron chi connectivity index (χ4n) is 2.63. The Morgan fingerprint density at radius 1 is 1.17 bits per heavy atom. The molecule has 0 spiro atoms. The molecule has 2 N–H and O–H groups in total. The second-order valence-electron chi connectivity index (χ2n) is 5.50. The number of hydrogen-bond acceptors (Lipinski definition) is 4. The highest BCUT2D eigenvalue weighted by Gasteiger charge is 2.29. The minimum Gasteiger partial charge on any atom is -0.495 e. The molecule has 2 aromatic rings. The summed E-state index contributed by atoms with van der Waals surface area (Å²) in [6.45, 7) is 1.42. The van der Waals surface area contributed by atoms with Crippen molar-refractivity contribution >= 4 is 23.2 Å². The van der Waals surface area contributed by atoms with Gasteiger partial charge in [-0.25, -0.2) is 0 Å². The number of para-hydroxylation sites is 1. The van der Waals surface area contributed by atoms with Crippen LogP contribution in [0.4, 0.5) is 11.4 Å². The Labute approximate surface area is 139 Å². The SMILES string of the molecule is COc1ccc(NC(C)=O)cc1NC(=O)C1Cc2ccccc2O1. The van der Waals surface area contributed by atoms with Crippen LogP contribution in [0.5, 0.6) is 11.5 Å². The molecule has 1 aliphatic heterocycles. The Morgan fingerprint density at radius 3 is 2.67 bits per heavy atom. The van der Waals surface area contributed by atoms with Crippen molar-refractivity contribution in [2.24, 2.45) is 0 Å². The molecule has 0 radical (unpaired) electrons. The third-order valence-corrected chi connectivity index (χ3v) is 3.72.